The van der Waals surface area contributed by atoms with Crippen LogP contribution in [0.3, 0.4) is 0 Å². The Hall–Kier alpha value is -1.62. The summed E-state index contributed by atoms with van der Waals surface area (Å²) in [6, 6.07) is 7.21. The van der Waals surface area contributed by atoms with Gasteiger partial charge in [0.05, 0.1) is 19.2 Å². The molecule has 0 bridgehead atoms. The summed E-state index contributed by atoms with van der Waals surface area (Å²) in [6.07, 6.45) is 0. The number of ether oxygens (including phenoxy) is 2. The van der Waals surface area contributed by atoms with Gasteiger partial charge < -0.3 is 9.47 Å². The second-order valence-corrected chi connectivity index (χ2v) is 4.51. The van der Waals surface area contributed by atoms with Crippen LogP contribution in [0, 0.1) is 0 Å². The van der Waals surface area contributed by atoms with Crippen molar-refractivity contribution in [2.45, 2.75) is 6.92 Å². The number of pyridine rings is 1. The Morgan fingerprint density at radius 2 is 2.17 bits per heavy atom. The van der Waals surface area contributed by atoms with Gasteiger partial charge in [-0.05, 0) is 25.1 Å². The quantitative estimate of drug-likeness (QED) is 0.817. The van der Waals surface area contributed by atoms with E-state index in [4.69, 9.17) is 4.74 Å². The zero-order valence-corrected chi connectivity index (χ0v) is 11.7. The van der Waals surface area contributed by atoms with Crippen molar-refractivity contribution in [1.82, 2.24) is 4.98 Å². The molecule has 4 nitrogen and oxygen atoms in total. The molecule has 1 aromatic heterocycles. The topological polar surface area (TPSA) is 48.4 Å². The third-order valence-electron chi connectivity index (χ3n) is 2.43. The van der Waals surface area contributed by atoms with Crippen molar-refractivity contribution in [2.24, 2.45) is 0 Å². The number of benzene rings is 1. The standard InChI is InChI=1S/C13H12BrNO3/c1-3-18-12-7-11(13(16)17-2)15-10-5-4-8(14)6-9(10)12/h4-7H,3H2,1-2H3. The van der Waals surface area contributed by atoms with Gasteiger partial charge in [-0.25, -0.2) is 9.78 Å². The van der Waals surface area contributed by atoms with Crippen molar-refractivity contribution in [3.05, 3.63) is 34.4 Å². The van der Waals surface area contributed by atoms with Crippen molar-refractivity contribution in [3.63, 3.8) is 0 Å². The molecule has 0 amide bonds. The van der Waals surface area contributed by atoms with E-state index in [0.29, 0.717) is 17.9 Å². The fourth-order valence-electron chi connectivity index (χ4n) is 1.65. The predicted molar refractivity (Wildman–Crippen MR) is 72.0 cm³/mol. The molecule has 1 heterocycles. The number of methoxy groups -OCH3 is 1. The number of aromatic nitrogens is 1. The Kier molecular flexibility index (Phi) is 3.81. The lowest BCUT2D eigenvalue weighted by Gasteiger charge is -2.09. The molecule has 0 N–H and O–H groups in total. The minimum absolute atomic E-state index is 0.246. The van der Waals surface area contributed by atoms with Gasteiger partial charge >= 0.3 is 5.97 Å². The maximum Gasteiger partial charge on any atom is 0.356 e. The van der Waals surface area contributed by atoms with Crippen LogP contribution in [-0.2, 0) is 4.74 Å². The van der Waals surface area contributed by atoms with E-state index in [1.807, 2.05) is 25.1 Å². The number of nitrogens with zero attached hydrogens (tertiary/aromatic N) is 1. The molecule has 0 fully saturated rings. The van der Waals surface area contributed by atoms with E-state index in [0.717, 1.165) is 9.86 Å². The molecular weight excluding hydrogens is 298 g/mol. The van der Waals surface area contributed by atoms with Crippen molar-refractivity contribution < 1.29 is 14.3 Å². The molecule has 0 radical (unpaired) electrons. The van der Waals surface area contributed by atoms with Crippen molar-refractivity contribution >= 4 is 32.8 Å². The summed E-state index contributed by atoms with van der Waals surface area (Å²) >= 11 is 3.40. The van der Waals surface area contributed by atoms with Crippen LogP contribution in [0.5, 0.6) is 5.75 Å². The predicted octanol–water partition coefficient (Wildman–Crippen LogP) is 3.18. The van der Waals surface area contributed by atoms with Gasteiger partial charge in [0.2, 0.25) is 0 Å². The summed E-state index contributed by atoms with van der Waals surface area (Å²) in [6.45, 7) is 2.41. The third-order valence-corrected chi connectivity index (χ3v) is 2.92. The first kappa shape index (κ1) is 12.8. The summed E-state index contributed by atoms with van der Waals surface area (Å²) in [5.74, 6) is 0.157. The van der Waals surface area contributed by atoms with Crippen molar-refractivity contribution in [2.75, 3.05) is 13.7 Å². The Labute approximate surface area is 113 Å². The summed E-state index contributed by atoms with van der Waals surface area (Å²) in [5.41, 5.74) is 0.945. The van der Waals surface area contributed by atoms with Gasteiger partial charge in [-0.1, -0.05) is 15.9 Å². The molecule has 0 saturated carbocycles. The lowest BCUT2D eigenvalue weighted by atomic mass is 10.2. The van der Waals surface area contributed by atoms with Crippen LogP contribution in [0.15, 0.2) is 28.7 Å². The van der Waals surface area contributed by atoms with Gasteiger partial charge in [0.25, 0.3) is 0 Å². The van der Waals surface area contributed by atoms with Crippen LogP contribution in [0.4, 0.5) is 0 Å². The number of carbonyl (C=O) groups is 1. The van der Waals surface area contributed by atoms with Crippen LogP contribution >= 0.6 is 15.9 Å². The third kappa shape index (κ3) is 2.46. The first-order chi connectivity index (χ1) is 8.65. The average molecular weight is 310 g/mol. The van der Waals surface area contributed by atoms with Gasteiger partial charge in [0.1, 0.15) is 5.75 Å². The molecule has 0 spiro atoms. The Morgan fingerprint density at radius 1 is 1.39 bits per heavy atom. The molecule has 0 aliphatic heterocycles. The van der Waals surface area contributed by atoms with Crippen LogP contribution in [0.25, 0.3) is 10.9 Å². The highest BCUT2D eigenvalue weighted by Gasteiger charge is 2.13. The molecule has 1 aromatic carbocycles. The second-order valence-electron chi connectivity index (χ2n) is 3.59. The number of hydrogen-bond acceptors (Lipinski definition) is 4. The summed E-state index contributed by atoms with van der Waals surface area (Å²) in [7, 11) is 1.33. The molecule has 0 unspecified atom stereocenters. The zero-order chi connectivity index (χ0) is 13.1. The van der Waals surface area contributed by atoms with Crippen LogP contribution in [0.1, 0.15) is 17.4 Å². The minimum Gasteiger partial charge on any atom is -0.493 e. The highest BCUT2D eigenvalue weighted by molar-refractivity contribution is 9.10. The molecule has 18 heavy (non-hydrogen) atoms. The number of halogens is 1. The summed E-state index contributed by atoms with van der Waals surface area (Å²) < 4.78 is 11.2. The monoisotopic (exact) mass is 309 g/mol. The fraction of sp³-hybridized carbons (Fsp3) is 0.231. The maximum absolute atomic E-state index is 11.5. The molecule has 0 aliphatic rings. The fourth-order valence-corrected chi connectivity index (χ4v) is 2.01. The lowest BCUT2D eigenvalue weighted by molar-refractivity contribution is 0.0594. The number of hydrogen-bond donors (Lipinski definition) is 0. The van der Waals surface area contributed by atoms with Crippen LogP contribution < -0.4 is 4.74 Å². The highest BCUT2D eigenvalue weighted by Crippen LogP contribution is 2.28. The van der Waals surface area contributed by atoms with Gasteiger partial charge in [0.15, 0.2) is 5.69 Å². The van der Waals surface area contributed by atoms with Gasteiger partial charge in [-0.15, -0.1) is 0 Å². The van der Waals surface area contributed by atoms with E-state index in [2.05, 4.69) is 25.7 Å². The normalized spacial score (nSPS) is 10.4. The van der Waals surface area contributed by atoms with E-state index in [9.17, 15) is 4.79 Å². The van der Waals surface area contributed by atoms with E-state index in [1.54, 1.807) is 6.07 Å². The SMILES string of the molecule is CCOc1cc(C(=O)OC)nc2ccc(Br)cc12. The van der Waals surface area contributed by atoms with E-state index < -0.39 is 5.97 Å². The first-order valence-electron chi connectivity index (χ1n) is 5.47. The summed E-state index contributed by atoms with van der Waals surface area (Å²) in [4.78, 5) is 15.8. The Balaban J connectivity index is 2.66. The molecule has 94 valence electrons. The van der Waals surface area contributed by atoms with E-state index in [-0.39, 0.29) is 5.69 Å². The molecule has 2 aromatic rings. The van der Waals surface area contributed by atoms with Crippen LogP contribution in [0.2, 0.25) is 0 Å². The lowest BCUT2D eigenvalue weighted by Crippen LogP contribution is -2.05. The van der Waals surface area contributed by atoms with Gasteiger partial charge in [-0.2, -0.15) is 0 Å². The maximum atomic E-state index is 11.5. The molecular formula is C13H12BrNO3. The number of rotatable bonds is 3. The highest BCUT2D eigenvalue weighted by atomic mass is 79.9. The minimum atomic E-state index is -0.472. The van der Waals surface area contributed by atoms with Crippen molar-refractivity contribution in [1.29, 1.82) is 0 Å². The molecule has 0 aliphatic carbocycles. The molecule has 0 atom stereocenters. The molecule has 5 heteroatoms. The average Bonchev–Trinajstić information content (AvgIpc) is 2.38. The Morgan fingerprint density at radius 3 is 2.83 bits per heavy atom. The Bertz CT molecular complexity index is 598. The van der Waals surface area contributed by atoms with Crippen LogP contribution in [-0.4, -0.2) is 24.7 Å². The van der Waals surface area contributed by atoms with E-state index >= 15 is 0 Å². The first-order valence-corrected chi connectivity index (χ1v) is 6.26. The number of esters is 1. The smallest absolute Gasteiger partial charge is 0.356 e. The second kappa shape index (κ2) is 5.35. The van der Waals surface area contributed by atoms with Gasteiger partial charge in [0, 0.05) is 15.9 Å². The van der Waals surface area contributed by atoms with E-state index in [1.165, 1.54) is 7.11 Å². The molecule has 2 rings (SSSR count). The number of fused-ring (bicyclic) bond motifs is 1. The summed E-state index contributed by atoms with van der Waals surface area (Å²) in [5, 5.41) is 0.860. The zero-order valence-electron chi connectivity index (χ0n) is 10.1. The van der Waals surface area contributed by atoms with Crippen molar-refractivity contribution in [3.8, 4) is 5.75 Å². The molecule has 0 saturated heterocycles. The largest absolute Gasteiger partial charge is 0.493 e. The van der Waals surface area contributed by atoms with Gasteiger partial charge in [-0.3, -0.25) is 0 Å². The number of carbonyl (C=O) groups excluding carboxylic acids is 1.